The van der Waals surface area contributed by atoms with Gasteiger partial charge in [0.2, 0.25) is 5.91 Å². The zero-order valence-corrected chi connectivity index (χ0v) is 9.35. The van der Waals surface area contributed by atoms with Gasteiger partial charge in [-0.25, -0.2) is 0 Å². The van der Waals surface area contributed by atoms with Crippen molar-refractivity contribution in [2.75, 3.05) is 16.9 Å². The lowest BCUT2D eigenvalue weighted by Crippen LogP contribution is -2.07. The average Bonchev–Trinajstić information content (AvgIpc) is 2.17. The van der Waals surface area contributed by atoms with Crippen molar-refractivity contribution in [3.05, 3.63) is 24.3 Å². The summed E-state index contributed by atoms with van der Waals surface area (Å²) in [5, 5.41) is 5.19. The Morgan fingerprint density at radius 2 is 1.80 bits per heavy atom. The Hall–Kier alpha value is -1.49. The lowest BCUT2D eigenvalue weighted by molar-refractivity contribution is -0.114. The zero-order chi connectivity index (χ0) is 11.3. The molecule has 0 aliphatic heterocycles. The van der Waals surface area contributed by atoms with Crippen LogP contribution in [0, 0.1) is 0 Å². The van der Waals surface area contributed by atoms with Gasteiger partial charge in [0.1, 0.15) is 0 Å². The van der Waals surface area contributed by atoms with Crippen LogP contribution in [0.15, 0.2) is 24.3 Å². The van der Waals surface area contributed by atoms with E-state index in [9.17, 15) is 9.59 Å². The molecule has 1 aromatic carbocycles. The second-order valence-corrected chi connectivity index (χ2v) is 3.66. The first-order chi connectivity index (χ1) is 7.11. The van der Waals surface area contributed by atoms with Gasteiger partial charge in [-0.05, 0) is 24.5 Å². The number of rotatable bonds is 2. The van der Waals surface area contributed by atoms with Gasteiger partial charge >= 0.3 is 0 Å². The molecule has 0 atom stereocenters. The monoisotopic (exact) mass is 224 g/mol. The van der Waals surface area contributed by atoms with Crippen LogP contribution in [-0.2, 0) is 4.79 Å². The molecule has 15 heavy (non-hydrogen) atoms. The molecule has 0 saturated carbocycles. The summed E-state index contributed by atoms with van der Waals surface area (Å²) in [6.45, 7) is 1.44. The van der Waals surface area contributed by atoms with Gasteiger partial charge in [0.25, 0.3) is 5.24 Å². The summed E-state index contributed by atoms with van der Waals surface area (Å²) >= 11 is 1.10. The maximum absolute atomic E-state index is 11.1. The van der Waals surface area contributed by atoms with Gasteiger partial charge in [-0.2, -0.15) is 0 Å². The Balaban J connectivity index is 2.74. The van der Waals surface area contributed by atoms with Gasteiger partial charge in [0, 0.05) is 18.3 Å². The third-order valence-corrected chi connectivity index (χ3v) is 2.09. The lowest BCUT2D eigenvalue weighted by Gasteiger charge is -2.06. The van der Waals surface area contributed by atoms with E-state index in [0.717, 1.165) is 11.8 Å². The summed E-state index contributed by atoms with van der Waals surface area (Å²) in [5.74, 6) is -0.136. The van der Waals surface area contributed by atoms with E-state index in [-0.39, 0.29) is 11.1 Å². The third kappa shape index (κ3) is 4.03. The van der Waals surface area contributed by atoms with Crippen molar-refractivity contribution < 1.29 is 9.59 Å². The van der Waals surface area contributed by atoms with Gasteiger partial charge in [0.15, 0.2) is 0 Å². The Labute approximate surface area is 92.4 Å². The van der Waals surface area contributed by atoms with E-state index < -0.39 is 0 Å². The minimum absolute atomic E-state index is 0.130. The van der Waals surface area contributed by atoms with Crippen molar-refractivity contribution in [3.8, 4) is 0 Å². The highest BCUT2D eigenvalue weighted by atomic mass is 32.2. The molecule has 0 spiro atoms. The van der Waals surface area contributed by atoms with Crippen LogP contribution in [0.1, 0.15) is 6.92 Å². The van der Waals surface area contributed by atoms with E-state index >= 15 is 0 Å². The lowest BCUT2D eigenvalue weighted by atomic mass is 10.3. The van der Waals surface area contributed by atoms with Gasteiger partial charge in [0.05, 0.1) is 0 Å². The van der Waals surface area contributed by atoms with Crippen molar-refractivity contribution >= 4 is 34.3 Å². The minimum atomic E-state index is -0.136. The van der Waals surface area contributed by atoms with Crippen LogP contribution in [0.2, 0.25) is 0 Å². The van der Waals surface area contributed by atoms with E-state index in [1.54, 1.807) is 30.5 Å². The highest BCUT2D eigenvalue weighted by Crippen LogP contribution is 2.16. The molecule has 0 fully saturated rings. The number of amides is 2. The quantitative estimate of drug-likeness (QED) is 0.811. The molecule has 2 amide bonds. The molecule has 0 bridgehead atoms. The molecule has 4 nitrogen and oxygen atoms in total. The van der Waals surface area contributed by atoms with Crippen molar-refractivity contribution in [2.45, 2.75) is 6.92 Å². The van der Waals surface area contributed by atoms with Crippen LogP contribution in [0.25, 0.3) is 0 Å². The first-order valence-corrected chi connectivity index (χ1v) is 5.57. The number of benzene rings is 1. The van der Waals surface area contributed by atoms with E-state index in [2.05, 4.69) is 10.6 Å². The highest BCUT2D eigenvalue weighted by molar-refractivity contribution is 8.13. The fourth-order valence-electron chi connectivity index (χ4n) is 1.05. The fourth-order valence-corrected chi connectivity index (χ4v) is 1.27. The highest BCUT2D eigenvalue weighted by Gasteiger charge is 2.01. The van der Waals surface area contributed by atoms with Crippen LogP contribution >= 0.6 is 11.8 Å². The number of hydrogen-bond acceptors (Lipinski definition) is 3. The van der Waals surface area contributed by atoms with E-state index in [0.29, 0.717) is 11.4 Å². The van der Waals surface area contributed by atoms with Gasteiger partial charge in [-0.3, -0.25) is 9.59 Å². The molecular weight excluding hydrogens is 212 g/mol. The normalized spacial score (nSPS) is 9.47. The largest absolute Gasteiger partial charge is 0.326 e. The number of nitrogens with one attached hydrogen (secondary N) is 2. The maximum atomic E-state index is 11.1. The van der Waals surface area contributed by atoms with Crippen LogP contribution in [0.3, 0.4) is 0 Å². The fraction of sp³-hybridized carbons (Fsp3) is 0.200. The molecule has 0 unspecified atom stereocenters. The number of anilines is 2. The number of hydrogen-bond donors (Lipinski definition) is 2. The van der Waals surface area contributed by atoms with Crippen molar-refractivity contribution in [1.29, 1.82) is 0 Å². The smallest absolute Gasteiger partial charge is 0.283 e. The van der Waals surface area contributed by atoms with Gasteiger partial charge < -0.3 is 10.6 Å². The van der Waals surface area contributed by atoms with E-state index in [4.69, 9.17) is 0 Å². The number of carbonyl (C=O) groups excluding carboxylic acids is 2. The maximum Gasteiger partial charge on any atom is 0.283 e. The number of thioether (sulfide) groups is 1. The summed E-state index contributed by atoms with van der Waals surface area (Å²) in [4.78, 5) is 21.9. The topological polar surface area (TPSA) is 58.2 Å². The standard InChI is InChI=1S/C10H12N2O2S/c1-7(13)11-8-4-3-5-9(6-8)12-10(14)15-2/h3-6H,1-2H3,(H,11,13)(H,12,14). The molecule has 0 aliphatic rings. The summed E-state index contributed by atoms with van der Waals surface area (Å²) in [7, 11) is 0. The molecule has 0 heterocycles. The molecule has 0 radical (unpaired) electrons. The molecule has 1 aromatic rings. The SMILES string of the molecule is CSC(=O)Nc1cccc(NC(C)=O)c1. The zero-order valence-electron chi connectivity index (χ0n) is 8.53. The molecule has 0 saturated heterocycles. The van der Waals surface area contributed by atoms with Crippen molar-refractivity contribution in [1.82, 2.24) is 0 Å². The van der Waals surface area contributed by atoms with Crippen LogP contribution < -0.4 is 10.6 Å². The first-order valence-electron chi connectivity index (χ1n) is 4.34. The molecule has 80 valence electrons. The molecule has 0 aromatic heterocycles. The second kappa shape index (κ2) is 5.41. The third-order valence-electron chi connectivity index (χ3n) is 1.61. The summed E-state index contributed by atoms with van der Waals surface area (Å²) in [6, 6.07) is 6.99. The minimum Gasteiger partial charge on any atom is -0.326 e. The van der Waals surface area contributed by atoms with Crippen LogP contribution in [-0.4, -0.2) is 17.4 Å². The van der Waals surface area contributed by atoms with Crippen molar-refractivity contribution in [3.63, 3.8) is 0 Å². The van der Waals surface area contributed by atoms with Gasteiger partial charge in [-0.1, -0.05) is 17.8 Å². The summed E-state index contributed by atoms with van der Waals surface area (Å²) in [5.41, 5.74) is 1.34. The van der Waals surface area contributed by atoms with Crippen LogP contribution in [0.5, 0.6) is 0 Å². The Morgan fingerprint density at radius 3 is 2.33 bits per heavy atom. The first kappa shape index (κ1) is 11.6. The molecule has 0 aliphatic carbocycles. The molecule has 1 rings (SSSR count). The summed E-state index contributed by atoms with van der Waals surface area (Å²) in [6.07, 6.45) is 1.70. The molecule has 5 heteroatoms. The van der Waals surface area contributed by atoms with Gasteiger partial charge in [-0.15, -0.1) is 0 Å². The molecule has 2 N–H and O–H groups in total. The van der Waals surface area contributed by atoms with E-state index in [1.807, 2.05) is 0 Å². The Bertz CT molecular complexity index is 379. The second-order valence-electron chi connectivity index (χ2n) is 2.88. The van der Waals surface area contributed by atoms with Crippen LogP contribution in [0.4, 0.5) is 16.2 Å². The Morgan fingerprint density at radius 1 is 1.20 bits per heavy atom. The van der Waals surface area contributed by atoms with E-state index in [1.165, 1.54) is 6.92 Å². The van der Waals surface area contributed by atoms with Crippen molar-refractivity contribution in [2.24, 2.45) is 0 Å². The molecular formula is C10H12N2O2S. The number of carbonyl (C=O) groups is 2. The summed E-state index contributed by atoms with van der Waals surface area (Å²) < 4.78 is 0. The Kier molecular flexibility index (Phi) is 4.17. The predicted molar refractivity (Wildman–Crippen MR) is 63.3 cm³/mol. The predicted octanol–water partition coefficient (Wildman–Crippen LogP) is 2.54. The average molecular weight is 224 g/mol.